The van der Waals surface area contributed by atoms with Crippen molar-refractivity contribution in [3.8, 4) is 11.5 Å². The van der Waals surface area contributed by atoms with E-state index in [4.69, 9.17) is 14.6 Å². The average Bonchev–Trinajstić information content (AvgIpc) is 2.61. The van der Waals surface area contributed by atoms with Gasteiger partial charge in [-0.25, -0.2) is 4.79 Å². The fourth-order valence-electron chi connectivity index (χ4n) is 3.00. The highest BCUT2D eigenvalue weighted by Gasteiger charge is 2.26. The van der Waals surface area contributed by atoms with Crippen molar-refractivity contribution in [1.29, 1.82) is 0 Å². The summed E-state index contributed by atoms with van der Waals surface area (Å²) in [5.41, 5.74) is 0.907. The molecule has 3 N–H and O–H groups in total. The number of carboxylic acid groups (broad SMARTS) is 1. The summed E-state index contributed by atoms with van der Waals surface area (Å²) >= 11 is 0. The zero-order valence-corrected chi connectivity index (χ0v) is 14.7. The zero-order chi connectivity index (χ0) is 18.2. The van der Waals surface area contributed by atoms with Crippen LogP contribution in [0, 0.1) is 5.92 Å². The number of aliphatic carboxylic acids is 1. The Labute approximate surface area is 147 Å². The molecule has 1 fully saturated rings. The van der Waals surface area contributed by atoms with E-state index in [0.29, 0.717) is 50.3 Å². The average molecular weight is 350 g/mol. The Kier molecular flexibility index (Phi) is 6.91. The molecule has 0 aromatic heterocycles. The van der Waals surface area contributed by atoms with Gasteiger partial charge in [-0.3, -0.25) is 4.79 Å². The van der Waals surface area contributed by atoms with Crippen LogP contribution in [0.3, 0.4) is 0 Å². The van der Waals surface area contributed by atoms with Crippen LogP contribution in [0.1, 0.15) is 38.2 Å². The topological polar surface area (TPSA) is 96.9 Å². The van der Waals surface area contributed by atoms with Gasteiger partial charge in [0.15, 0.2) is 11.5 Å². The molecule has 0 aliphatic heterocycles. The molecule has 0 radical (unpaired) electrons. The fraction of sp³-hybridized carbons (Fsp3) is 0.556. The van der Waals surface area contributed by atoms with Crippen LogP contribution in [0.15, 0.2) is 18.2 Å². The quantitative estimate of drug-likeness (QED) is 0.702. The molecular weight excluding hydrogens is 324 g/mol. The second-order valence-electron chi connectivity index (χ2n) is 6.13. The van der Waals surface area contributed by atoms with E-state index in [2.05, 4.69) is 10.6 Å². The third kappa shape index (κ3) is 5.55. The Morgan fingerprint density at radius 2 is 1.92 bits per heavy atom. The van der Waals surface area contributed by atoms with Gasteiger partial charge < -0.3 is 25.2 Å². The number of urea groups is 1. The Hall–Kier alpha value is -2.44. The highest BCUT2D eigenvalue weighted by atomic mass is 16.5. The number of hydrogen-bond donors (Lipinski definition) is 3. The van der Waals surface area contributed by atoms with Crippen molar-refractivity contribution in [3.63, 3.8) is 0 Å². The SMILES string of the molecule is CCOc1ccc(CNC(=O)NC2CCC(C(=O)O)CC2)cc1OC. The van der Waals surface area contributed by atoms with Gasteiger partial charge in [0.05, 0.1) is 19.6 Å². The summed E-state index contributed by atoms with van der Waals surface area (Å²) in [6.45, 7) is 2.84. The first kappa shape index (κ1) is 18.9. The molecule has 0 heterocycles. The van der Waals surface area contributed by atoms with E-state index in [1.54, 1.807) is 7.11 Å². The lowest BCUT2D eigenvalue weighted by atomic mass is 9.86. The minimum Gasteiger partial charge on any atom is -0.493 e. The van der Waals surface area contributed by atoms with Crippen molar-refractivity contribution >= 4 is 12.0 Å². The van der Waals surface area contributed by atoms with Crippen molar-refractivity contribution in [2.24, 2.45) is 5.92 Å². The van der Waals surface area contributed by atoms with Gasteiger partial charge in [0, 0.05) is 12.6 Å². The molecule has 25 heavy (non-hydrogen) atoms. The molecule has 0 spiro atoms. The number of amides is 2. The van der Waals surface area contributed by atoms with E-state index in [9.17, 15) is 9.59 Å². The monoisotopic (exact) mass is 350 g/mol. The predicted octanol–water partition coefficient (Wildman–Crippen LogP) is 2.54. The van der Waals surface area contributed by atoms with E-state index in [1.807, 2.05) is 25.1 Å². The van der Waals surface area contributed by atoms with Crippen LogP contribution in [0.25, 0.3) is 0 Å². The highest BCUT2D eigenvalue weighted by Crippen LogP contribution is 2.28. The van der Waals surface area contributed by atoms with Gasteiger partial charge in [0.1, 0.15) is 0 Å². The lowest BCUT2D eigenvalue weighted by Gasteiger charge is -2.26. The first-order chi connectivity index (χ1) is 12.0. The van der Waals surface area contributed by atoms with Crippen LogP contribution in [-0.2, 0) is 11.3 Å². The maximum Gasteiger partial charge on any atom is 0.315 e. The van der Waals surface area contributed by atoms with E-state index < -0.39 is 5.97 Å². The summed E-state index contributed by atoms with van der Waals surface area (Å²) in [6, 6.07) is 5.33. The van der Waals surface area contributed by atoms with Crippen molar-refractivity contribution in [2.75, 3.05) is 13.7 Å². The summed E-state index contributed by atoms with van der Waals surface area (Å²) in [5.74, 6) is 0.284. The standard InChI is InChI=1S/C18H26N2O5/c1-3-25-15-9-4-12(10-16(15)24-2)11-19-18(23)20-14-7-5-13(6-8-14)17(21)22/h4,9-10,13-14H,3,5-8,11H2,1-2H3,(H,21,22)(H2,19,20,23). The zero-order valence-electron chi connectivity index (χ0n) is 14.7. The number of carbonyl (C=O) groups is 2. The Morgan fingerprint density at radius 1 is 1.20 bits per heavy atom. The van der Waals surface area contributed by atoms with Gasteiger partial charge in [-0.2, -0.15) is 0 Å². The molecule has 1 aliphatic carbocycles. The minimum atomic E-state index is -0.743. The number of nitrogens with one attached hydrogen (secondary N) is 2. The number of carbonyl (C=O) groups excluding carboxylic acids is 1. The number of rotatable bonds is 7. The maximum absolute atomic E-state index is 12.0. The third-order valence-electron chi connectivity index (χ3n) is 4.39. The number of benzene rings is 1. The van der Waals surface area contributed by atoms with Crippen LogP contribution >= 0.6 is 0 Å². The van der Waals surface area contributed by atoms with E-state index >= 15 is 0 Å². The molecule has 7 nitrogen and oxygen atoms in total. The molecule has 7 heteroatoms. The second-order valence-corrected chi connectivity index (χ2v) is 6.13. The van der Waals surface area contributed by atoms with E-state index in [-0.39, 0.29) is 18.0 Å². The highest BCUT2D eigenvalue weighted by molar-refractivity contribution is 5.74. The molecule has 1 aromatic rings. The first-order valence-corrected chi connectivity index (χ1v) is 8.60. The van der Waals surface area contributed by atoms with Crippen LogP contribution in [0.2, 0.25) is 0 Å². The molecular formula is C18H26N2O5. The summed E-state index contributed by atoms with van der Waals surface area (Å²) < 4.78 is 10.8. The van der Waals surface area contributed by atoms with E-state index in [0.717, 1.165) is 5.56 Å². The normalized spacial score (nSPS) is 19.8. The predicted molar refractivity (Wildman–Crippen MR) is 92.9 cm³/mol. The number of methoxy groups -OCH3 is 1. The Morgan fingerprint density at radius 3 is 2.52 bits per heavy atom. The Balaban J connectivity index is 1.79. The number of ether oxygens (including phenoxy) is 2. The van der Waals surface area contributed by atoms with Gasteiger partial charge in [0.2, 0.25) is 0 Å². The molecule has 1 aliphatic rings. The maximum atomic E-state index is 12.0. The van der Waals surface area contributed by atoms with E-state index in [1.165, 1.54) is 0 Å². The smallest absolute Gasteiger partial charge is 0.315 e. The van der Waals surface area contributed by atoms with Crippen molar-refractivity contribution < 1.29 is 24.2 Å². The third-order valence-corrected chi connectivity index (χ3v) is 4.39. The van der Waals surface area contributed by atoms with Crippen molar-refractivity contribution in [2.45, 2.75) is 45.2 Å². The van der Waals surface area contributed by atoms with Gasteiger partial charge in [-0.05, 0) is 50.3 Å². The van der Waals surface area contributed by atoms with Crippen molar-refractivity contribution in [3.05, 3.63) is 23.8 Å². The van der Waals surface area contributed by atoms with Crippen molar-refractivity contribution in [1.82, 2.24) is 10.6 Å². The Bertz CT molecular complexity index is 597. The molecule has 0 saturated heterocycles. The van der Waals surface area contributed by atoms with Crippen LogP contribution in [0.5, 0.6) is 11.5 Å². The molecule has 138 valence electrons. The van der Waals surface area contributed by atoms with Gasteiger partial charge >= 0.3 is 12.0 Å². The number of hydrogen-bond acceptors (Lipinski definition) is 4. The lowest BCUT2D eigenvalue weighted by Crippen LogP contribution is -2.43. The van der Waals surface area contributed by atoms with Gasteiger partial charge in [0.25, 0.3) is 0 Å². The van der Waals surface area contributed by atoms with Crippen LogP contribution in [0.4, 0.5) is 4.79 Å². The summed E-state index contributed by atoms with van der Waals surface area (Å²) in [5, 5.41) is 14.7. The largest absolute Gasteiger partial charge is 0.493 e. The lowest BCUT2D eigenvalue weighted by molar-refractivity contribution is -0.142. The first-order valence-electron chi connectivity index (χ1n) is 8.60. The van der Waals surface area contributed by atoms with Gasteiger partial charge in [-0.1, -0.05) is 6.07 Å². The molecule has 1 saturated carbocycles. The number of carboxylic acids is 1. The molecule has 1 aromatic carbocycles. The van der Waals surface area contributed by atoms with Crippen LogP contribution in [-0.4, -0.2) is 36.9 Å². The fourth-order valence-corrected chi connectivity index (χ4v) is 3.00. The summed E-state index contributed by atoms with van der Waals surface area (Å²) in [7, 11) is 1.58. The van der Waals surface area contributed by atoms with Gasteiger partial charge in [-0.15, -0.1) is 0 Å². The molecule has 0 unspecified atom stereocenters. The molecule has 0 atom stereocenters. The molecule has 2 rings (SSSR count). The summed E-state index contributed by atoms with van der Waals surface area (Å²) in [4.78, 5) is 23.0. The summed E-state index contributed by atoms with van der Waals surface area (Å²) in [6.07, 6.45) is 2.61. The minimum absolute atomic E-state index is 0.0328. The second kappa shape index (κ2) is 9.15. The van der Waals surface area contributed by atoms with Crippen LogP contribution < -0.4 is 20.1 Å². The molecule has 0 bridgehead atoms. The molecule has 2 amide bonds.